The number of aryl methyl sites for hydroxylation is 1. The molecule has 0 spiro atoms. The maximum atomic E-state index is 12.0. The third-order valence-corrected chi connectivity index (χ3v) is 4.55. The summed E-state index contributed by atoms with van der Waals surface area (Å²) in [4.78, 5) is 12.0. The van der Waals surface area contributed by atoms with Crippen LogP contribution in [0.15, 0.2) is 0 Å². The predicted octanol–water partition coefficient (Wildman–Crippen LogP) is 0.748. The minimum Gasteiger partial charge on any atom is -0.349 e. The Labute approximate surface area is 119 Å². The van der Waals surface area contributed by atoms with Crippen molar-refractivity contribution in [3.8, 4) is 0 Å². The lowest BCUT2D eigenvalue weighted by atomic mass is 10.00. The summed E-state index contributed by atoms with van der Waals surface area (Å²) in [5.74, 6) is 2.37. The minimum atomic E-state index is 0.0838. The van der Waals surface area contributed by atoms with Crippen molar-refractivity contribution in [1.82, 2.24) is 20.1 Å². The standard InChI is InChI=1S/C14H23N5O/c15-11-5-3-4-10(11)8-14(20)16-9-13-18-17-12-6-1-2-7-19(12)13/h10-11H,1-9,15H2,(H,16,20)/t10-,11+/m0/s1. The number of hydrogen-bond acceptors (Lipinski definition) is 4. The number of fused-ring (bicyclic) bond motifs is 1. The zero-order valence-electron chi connectivity index (χ0n) is 11.8. The molecule has 20 heavy (non-hydrogen) atoms. The number of carbonyl (C=O) groups excluding carboxylic acids is 1. The zero-order valence-corrected chi connectivity index (χ0v) is 11.8. The molecule has 0 bridgehead atoms. The van der Waals surface area contributed by atoms with E-state index < -0.39 is 0 Å². The van der Waals surface area contributed by atoms with Crippen LogP contribution in [-0.2, 0) is 24.3 Å². The summed E-state index contributed by atoms with van der Waals surface area (Å²) in [6.45, 7) is 1.45. The number of hydrogen-bond donors (Lipinski definition) is 2. The van der Waals surface area contributed by atoms with Gasteiger partial charge in [0, 0.05) is 25.4 Å². The highest BCUT2D eigenvalue weighted by Gasteiger charge is 2.26. The number of nitrogens with two attached hydrogens (primary N) is 1. The maximum absolute atomic E-state index is 12.0. The lowest BCUT2D eigenvalue weighted by molar-refractivity contribution is -0.122. The lowest BCUT2D eigenvalue weighted by Gasteiger charge is -2.16. The van der Waals surface area contributed by atoms with Crippen LogP contribution in [0.4, 0.5) is 0 Å². The monoisotopic (exact) mass is 277 g/mol. The van der Waals surface area contributed by atoms with Gasteiger partial charge in [-0.25, -0.2) is 0 Å². The van der Waals surface area contributed by atoms with Gasteiger partial charge in [0.25, 0.3) is 0 Å². The van der Waals surface area contributed by atoms with Gasteiger partial charge in [0.15, 0.2) is 5.82 Å². The highest BCUT2D eigenvalue weighted by molar-refractivity contribution is 5.76. The molecular formula is C14H23N5O. The van der Waals surface area contributed by atoms with E-state index in [9.17, 15) is 4.79 Å². The first-order valence-corrected chi connectivity index (χ1v) is 7.67. The molecule has 1 aromatic rings. The van der Waals surface area contributed by atoms with E-state index in [-0.39, 0.29) is 11.9 Å². The summed E-state index contributed by atoms with van der Waals surface area (Å²) in [6.07, 6.45) is 7.17. The molecule has 1 aliphatic carbocycles. The summed E-state index contributed by atoms with van der Waals surface area (Å²) in [5, 5.41) is 11.3. The van der Waals surface area contributed by atoms with Crippen LogP contribution in [0, 0.1) is 5.92 Å². The van der Waals surface area contributed by atoms with Crippen molar-refractivity contribution < 1.29 is 4.79 Å². The van der Waals surface area contributed by atoms with E-state index in [1.807, 2.05) is 0 Å². The van der Waals surface area contributed by atoms with Crippen molar-refractivity contribution in [2.24, 2.45) is 11.7 Å². The van der Waals surface area contributed by atoms with Crippen LogP contribution >= 0.6 is 0 Å². The Morgan fingerprint density at radius 3 is 3.00 bits per heavy atom. The SMILES string of the molecule is N[C@@H]1CCC[C@H]1CC(=O)NCc1nnc2n1CCCC2. The van der Waals surface area contributed by atoms with Crippen LogP contribution in [-0.4, -0.2) is 26.7 Å². The van der Waals surface area contributed by atoms with Crippen molar-refractivity contribution in [3.63, 3.8) is 0 Å². The zero-order chi connectivity index (χ0) is 13.9. The summed E-state index contributed by atoms with van der Waals surface area (Å²) in [5.41, 5.74) is 6.00. The molecule has 6 nitrogen and oxygen atoms in total. The molecule has 6 heteroatoms. The number of carbonyl (C=O) groups is 1. The van der Waals surface area contributed by atoms with E-state index in [1.165, 1.54) is 12.8 Å². The molecule has 2 aliphatic rings. The minimum absolute atomic E-state index is 0.0838. The van der Waals surface area contributed by atoms with Crippen LogP contribution < -0.4 is 11.1 Å². The number of amides is 1. The van der Waals surface area contributed by atoms with Crippen molar-refractivity contribution in [2.75, 3.05) is 0 Å². The van der Waals surface area contributed by atoms with Gasteiger partial charge >= 0.3 is 0 Å². The van der Waals surface area contributed by atoms with Crippen LogP contribution in [0.2, 0.25) is 0 Å². The van der Waals surface area contributed by atoms with E-state index in [1.54, 1.807) is 0 Å². The molecule has 1 fully saturated rings. The molecule has 0 radical (unpaired) electrons. The fraction of sp³-hybridized carbons (Fsp3) is 0.786. The van der Waals surface area contributed by atoms with Gasteiger partial charge in [-0.15, -0.1) is 10.2 Å². The normalized spacial score (nSPS) is 25.4. The molecular weight excluding hydrogens is 254 g/mol. The van der Waals surface area contributed by atoms with Crippen LogP contribution in [0.1, 0.15) is 50.2 Å². The lowest BCUT2D eigenvalue weighted by Crippen LogP contribution is -2.32. The molecule has 1 aliphatic heterocycles. The first-order chi connectivity index (χ1) is 9.74. The first kappa shape index (κ1) is 13.5. The van der Waals surface area contributed by atoms with Gasteiger partial charge in [-0.05, 0) is 31.6 Å². The van der Waals surface area contributed by atoms with E-state index >= 15 is 0 Å². The fourth-order valence-corrected chi connectivity index (χ4v) is 3.31. The second-order valence-electron chi connectivity index (χ2n) is 5.98. The summed E-state index contributed by atoms with van der Waals surface area (Å²) in [7, 11) is 0. The third kappa shape index (κ3) is 2.85. The predicted molar refractivity (Wildman–Crippen MR) is 74.7 cm³/mol. The number of nitrogens with zero attached hydrogens (tertiary/aromatic N) is 3. The molecule has 1 aromatic heterocycles. The molecule has 110 valence electrons. The smallest absolute Gasteiger partial charge is 0.220 e. The summed E-state index contributed by atoms with van der Waals surface area (Å²) < 4.78 is 2.14. The second kappa shape index (κ2) is 5.91. The molecule has 2 atom stereocenters. The van der Waals surface area contributed by atoms with Gasteiger partial charge in [0.1, 0.15) is 5.82 Å². The maximum Gasteiger partial charge on any atom is 0.220 e. The Morgan fingerprint density at radius 1 is 1.30 bits per heavy atom. The fourth-order valence-electron chi connectivity index (χ4n) is 3.31. The van der Waals surface area contributed by atoms with Crippen LogP contribution in [0.3, 0.4) is 0 Å². The average molecular weight is 277 g/mol. The van der Waals surface area contributed by atoms with Gasteiger partial charge in [-0.1, -0.05) is 6.42 Å². The number of rotatable bonds is 4. The molecule has 3 N–H and O–H groups in total. The Kier molecular flexibility index (Phi) is 4.00. The van der Waals surface area contributed by atoms with Crippen LogP contribution in [0.5, 0.6) is 0 Å². The Morgan fingerprint density at radius 2 is 2.20 bits per heavy atom. The van der Waals surface area contributed by atoms with Gasteiger partial charge in [0.05, 0.1) is 6.54 Å². The first-order valence-electron chi connectivity index (χ1n) is 7.67. The van der Waals surface area contributed by atoms with Crippen molar-refractivity contribution >= 4 is 5.91 Å². The highest BCUT2D eigenvalue weighted by Crippen LogP contribution is 2.26. The Balaban J connectivity index is 1.51. The molecule has 1 amide bonds. The molecule has 0 unspecified atom stereocenters. The summed E-state index contributed by atoms with van der Waals surface area (Å²) in [6, 6.07) is 0.196. The number of nitrogens with one attached hydrogen (secondary N) is 1. The third-order valence-electron chi connectivity index (χ3n) is 4.55. The van der Waals surface area contributed by atoms with Crippen molar-refractivity contribution in [1.29, 1.82) is 0 Å². The average Bonchev–Trinajstić information content (AvgIpc) is 3.04. The van der Waals surface area contributed by atoms with Crippen molar-refractivity contribution in [2.45, 2.75) is 64.1 Å². The molecule has 0 saturated heterocycles. The largest absolute Gasteiger partial charge is 0.349 e. The van der Waals surface area contributed by atoms with Gasteiger partial charge in [0.2, 0.25) is 5.91 Å². The van der Waals surface area contributed by atoms with Gasteiger partial charge in [-0.2, -0.15) is 0 Å². The van der Waals surface area contributed by atoms with Gasteiger partial charge in [-0.3, -0.25) is 4.79 Å². The molecule has 0 aromatic carbocycles. The summed E-state index contributed by atoms with van der Waals surface area (Å²) >= 11 is 0. The van der Waals surface area contributed by atoms with Crippen molar-refractivity contribution in [3.05, 3.63) is 11.6 Å². The van der Waals surface area contributed by atoms with E-state index in [4.69, 9.17) is 5.73 Å². The topological polar surface area (TPSA) is 85.8 Å². The second-order valence-corrected chi connectivity index (χ2v) is 5.98. The van der Waals surface area contributed by atoms with Gasteiger partial charge < -0.3 is 15.6 Å². The Bertz CT molecular complexity index is 484. The molecule has 2 heterocycles. The van der Waals surface area contributed by atoms with E-state index in [0.29, 0.717) is 18.9 Å². The molecule has 3 rings (SSSR count). The van der Waals surface area contributed by atoms with Crippen LogP contribution in [0.25, 0.3) is 0 Å². The Hall–Kier alpha value is -1.43. The van der Waals surface area contributed by atoms with E-state index in [2.05, 4.69) is 20.1 Å². The number of aromatic nitrogens is 3. The van der Waals surface area contributed by atoms with E-state index in [0.717, 1.165) is 43.9 Å². The molecule has 1 saturated carbocycles. The quantitative estimate of drug-likeness (QED) is 0.850. The highest BCUT2D eigenvalue weighted by atomic mass is 16.1.